The van der Waals surface area contributed by atoms with Gasteiger partial charge in [-0.15, -0.1) is 0 Å². The molecule has 0 bridgehead atoms. The fourth-order valence-electron chi connectivity index (χ4n) is 1.10. The van der Waals surface area contributed by atoms with Gasteiger partial charge in [-0.3, -0.25) is 9.00 Å². The lowest BCUT2D eigenvalue weighted by Gasteiger charge is -2.08. The van der Waals surface area contributed by atoms with Crippen LogP contribution in [0.2, 0.25) is 0 Å². The van der Waals surface area contributed by atoms with E-state index in [1.165, 1.54) is 6.92 Å². The second-order valence-corrected chi connectivity index (χ2v) is 5.13. The monoisotopic (exact) mass is 228 g/mol. The molecule has 0 aliphatic rings. The van der Waals surface area contributed by atoms with Crippen LogP contribution in [-0.2, 0) is 15.6 Å². The molecule has 0 aliphatic heterocycles. The third kappa shape index (κ3) is 2.96. The van der Waals surface area contributed by atoms with Crippen LogP contribution in [0.5, 0.6) is 0 Å². The standard InChI is InChI=1S/C11H13FO2S/c1-8-3-5-10(6-4-8)15(14)9(2)11(13)7-12/h3-6,9H,7H2,1-2H3/t9-,15?/m0/s1. The number of hydrogen-bond acceptors (Lipinski definition) is 2. The Morgan fingerprint density at radius 1 is 1.40 bits per heavy atom. The van der Waals surface area contributed by atoms with Crippen LogP contribution in [-0.4, -0.2) is 21.9 Å². The number of alkyl halides is 1. The topological polar surface area (TPSA) is 34.1 Å². The highest BCUT2D eigenvalue weighted by atomic mass is 32.2. The van der Waals surface area contributed by atoms with Gasteiger partial charge in [-0.2, -0.15) is 0 Å². The normalized spacial score (nSPS) is 14.6. The summed E-state index contributed by atoms with van der Waals surface area (Å²) in [4.78, 5) is 11.6. The van der Waals surface area contributed by atoms with Crippen molar-refractivity contribution < 1.29 is 13.4 Å². The van der Waals surface area contributed by atoms with Gasteiger partial charge in [0.2, 0.25) is 0 Å². The molecule has 0 radical (unpaired) electrons. The number of halogens is 1. The molecule has 0 aromatic heterocycles. The van der Waals surface area contributed by atoms with Crippen molar-refractivity contribution in [1.82, 2.24) is 0 Å². The van der Waals surface area contributed by atoms with Gasteiger partial charge in [0.25, 0.3) is 0 Å². The third-order valence-corrected chi connectivity index (χ3v) is 3.80. The zero-order chi connectivity index (χ0) is 11.4. The number of benzene rings is 1. The summed E-state index contributed by atoms with van der Waals surface area (Å²) < 4.78 is 23.9. The van der Waals surface area contributed by atoms with Crippen LogP contribution in [0.4, 0.5) is 4.39 Å². The van der Waals surface area contributed by atoms with Crippen molar-refractivity contribution in [3.63, 3.8) is 0 Å². The van der Waals surface area contributed by atoms with Crippen molar-refractivity contribution in [2.75, 3.05) is 6.67 Å². The maximum atomic E-state index is 12.1. The van der Waals surface area contributed by atoms with E-state index in [-0.39, 0.29) is 0 Å². The summed E-state index contributed by atoms with van der Waals surface area (Å²) in [6.07, 6.45) is 0. The highest BCUT2D eigenvalue weighted by molar-refractivity contribution is 7.86. The fraction of sp³-hybridized carbons (Fsp3) is 0.364. The number of ketones is 1. The van der Waals surface area contributed by atoms with Gasteiger partial charge < -0.3 is 0 Å². The van der Waals surface area contributed by atoms with Gasteiger partial charge in [0.1, 0.15) is 6.67 Å². The SMILES string of the molecule is Cc1ccc(S(=O)[C@@H](C)C(=O)CF)cc1. The number of rotatable bonds is 4. The molecule has 82 valence electrons. The minimum Gasteiger partial charge on any atom is -0.295 e. The Balaban J connectivity index is 2.85. The average molecular weight is 228 g/mol. The number of carbonyl (C=O) groups is 1. The van der Waals surface area contributed by atoms with Crippen molar-refractivity contribution in [2.45, 2.75) is 24.0 Å². The summed E-state index contributed by atoms with van der Waals surface area (Å²) in [5.41, 5.74) is 1.06. The van der Waals surface area contributed by atoms with Crippen molar-refractivity contribution in [3.8, 4) is 0 Å². The van der Waals surface area contributed by atoms with E-state index in [9.17, 15) is 13.4 Å². The van der Waals surface area contributed by atoms with Crippen LogP contribution in [0.1, 0.15) is 12.5 Å². The van der Waals surface area contributed by atoms with Crippen LogP contribution in [0.3, 0.4) is 0 Å². The first-order valence-corrected chi connectivity index (χ1v) is 5.83. The molecular weight excluding hydrogens is 215 g/mol. The predicted octanol–water partition coefficient (Wildman–Crippen LogP) is 2.03. The van der Waals surface area contributed by atoms with Gasteiger partial charge in [-0.25, -0.2) is 4.39 Å². The van der Waals surface area contributed by atoms with Gasteiger partial charge in [0.05, 0.1) is 16.0 Å². The molecular formula is C11H13FO2S. The number of hydrogen-bond donors (Lipinski definition) is 0. The Hall–Kier alpha value is -1.03. The molecule has 2 atom stereocenters. The van der Waals surface area contributed by atoms with Crippen LogP contribution in [0, 0.1) is 6.92 Å². The smallest absolute Gasteiger partial charge is 0.179 e. The van der Waals surface area contributed by atoms with Gasteiger partial charge in [0.15, 0.2) is 5.78 Å². The Kier molecular flexibility index (Phi) is 4.15. The fourth-order valence-corrected chi connectivity index (χ4v) is 2.22. The zero-order valence-corrected chi connectivity index (χ0v) is 9.51. The lowest BCUT2D eigenvalue weighted by atomic mass is 10.2. The average Bonchev–Trinajstić information content (AvgIpc) is 2.27. The third-order valence-electron chi connectivity index (χ3n) is 2.16. The number of aryl methyl sites for hydroxylation is 1. The molecule has 0 fully saturated rings. The quantitative estimate of drug-likeness (QED) is 0.790. The lowest BCUT2D eigenvalue weighted by molar-refractivity contribution is -0.119. The number of carbonyl (C=O) groups excluding carboxylic acids is 1. The van der Waals surface area contributed by atoms with E-state index in [0.717, 1.165) is 5.56 Å². The van der Waals surface area contributed by atoms with E-state index in [0.29, 0.717) is 4.90 Å². The largest absolute Gasteiger partial charge is 0.295 e. The van der Waals surface area contributed by atoms with E-state index in [1.807, 2.05) is 19.1 Å². The molecule has 0 spiro atoms. The van der Waals surface area contributed by atoms with E-state index in [4.69, 9.17) is 0 Å². The predicted molar refractivity (Wildman–Crippen MR) is 58.0 cm³/mol. The summed E-state index contributed by atoms with van der Waals surface area (Å²) in [6, 6.07) is 7.04. The minimum atomic E-state index is -1.46. The van der Waals surface area contributed by atoms with Crippen molar-refractivity contribution in [3.05, 3.63) is 29.8 Å². The van der Waals surface area contributed by atoms with Gasteiger partial charge in [0, 0.05) is 4.90 Å². The molecule has 0 N–H and O–H groups in total. The molecule has 0 amide bonds. The van der Waals surface area contributed by atoms with Crippen molar-refractivity contribution in [2.24, 2.45) is 0 Å². The second kappa shape index (κ2) is 5.16. The molecule has 0 saturated carbocycles. The summed E-state index contributed by atoms with van der Waals surface area (Å²) in [7, 11) is -1.46. The first-order valence-electron chi connectivity index (χ1n) is 4.62. The molecule has 15 heavy (non-hydrogen) atoms. The molecule has 1 aromatic carbocycles. The highest BCUT2D eigenvalue weighted by Gasteiger charge is 2.20. The van der Waals surface area contributed by atoms with Crippen molar-refractivity contribution >= 4 is 16.6 Å². The minimum absolute atomic E-state index is 0.565. The Morgan fingerprint density at radius 2 is 1.93 bits per heavy atom. The highest BCUT2D eigenvalue weighted by Crippen LogP contribution is 2.13. The summed E-state index contributed by atoms with van der Waals surface area (Å²) in [5.74, 6) is -0.617. The van der Waals surface area contributed by atoms with E-state index >= 15 is 0 Å². The Labute approximate surface area is 91.0 Å². The second-order valence-electron chi connectivity index (χ2n) is 3.35. The molecule has 2 nitrogen and oxygen atoms in total. The first-order chi connectivity index (χ1) is 7.06. The zero-order valence-electron chi connectivity index (χ0n) is 8.70. The Morgan fingerprint density at radius 3 is 2.40 bits per heavy atom. The van der Waals surface area contributed by atoms with Gasteiger partial charge in [-0.1, -0.05) is 17.7 Å². The van der Waals surface area contributed by atoms with Crippen LogP contribution >= 0.6 is 0 Å². The Bertz CT molecular complexity index is 373. The maximum Gasteiger partial charge on any atom is 0.179 e. The molecule has 4 heteroatoms. The molecule has 1 aromatic rings. The molecule has 1 unspecified atom stereocenters. The first kappa shape index (κ1) is 12.0. The summed E-state index contributed by atoms with van der Waals surface area (Å²) in [6.45, 7) is 2.35. The molecule has 1 rings (SSSR count). The number of Topliss-reactive ketones (excluding diaryl/α,β-unsaturated/α-hetero) is 1. The van der Waals surface area contributed by atoms with Crippen LogP contribution in [0.25, 0.3) is 0 Å². The maximum absolute atomic E-state index is 12.1. The summed E-state index contributed by atoms with van der Waals surface area (Å²) in [5, 5.41) is -0.780. The van der Waals surface area contributed by atoms with E-state index in [1.54, 1.807) is 12.1 Å². The molecule has 0 heterocycles. The van der Waals surface area contributed by atoms with Gasteiger partial charge in [-0.05, 0) is 26.0 Å². The van der Waals surface area contributed by atoms with Crippen LogP contribution < -0.4 is 0 Å². The van der Waals surface area contributed by atoms with Gasteiger partial charge >= 0.3 is 0 Å². The molecule has 0 saturated heterocycles. The lowest BCUT2D eigenvalue weighted by Crippen LogP contribution is -2.23. The summed E-state index contributed by atoms with van der Waals surface area (Å²) >= 11 is 0. The van der Waals surface area contributed by atoms with Crippen molar-refractivity contribution in [1.29, 1.82) is 0 Å². The van der Waals surface area contributed by atoms with Crippen LogP contribution in [0.15, 0.2) is 29.2 Å². The van der Waals surface area contributed by atoms with E-state index < -0.39 is 28.5 Å². The van der Waals surface area contributed by atoms with E-state index in [2.05, 4.69) is 0 Å². The molecule has 0 aliphatic carbocycles.